The van der Waals surface area contributed by atoms with Gasteiger partial charge in [0.2, 0.25) is 0 Å². The molecule has 1 fully saturated rings. The van der Waals surface area contributed by atoms with Crippen LogP contribution in [0.4, 0.5) is 16.2 Å². The molecule has 1 aliphatic rings. The molecular formula is C14H19N3O3. The van der Waals surface area contributed by atoms with Gasteiger partial charge in [0.15, 0.2) is 0 Å². The zero-order valence-corrected chi connectivity index (χ0v) is 11.1. The predicted octanol–water partition coefficient (Wildman–Crippen LogP) is 2.23. The van der Waals surface area contributed by atoms with Crippen LogP contribution in [0.3, 0.4) is 0 Å². The largest absolute Gasteiger partial charge is 0.481 e. The first-order valence-corrected chi connectivity index (χ1v) is 6.70. The topological polar surface area (TPSA) is 104 Å². The Hall–Kier alpha value is -2.24. The highest BCUT2D eigenvalue weighted by molar-refractivity contribution is 5.88. The van der Waals surface area contributed by atoms with Gasteiger partial charge < -0.3 is 21.5 Å². The Balaban J connectivity index is 1.98. The standard InChI is InChI=1S/C14H19N3O3/c15-14(20)17-12-6-2-5-11(8-12)16-10-4-1-3-9(7-10)13(18)19/h2,5-6,8-10,16H,1,3-4,7H2,(H,18,19)(H3,15,17,20). The van der Waals surface area contributed by atoms with Gasteiger partial charge in [0.05, 0.1) is 5.92 Å². The third-order valence-corrected chi connectivity index (χ3v) is 3.52. The summed E-state index contributed by atoms with van der Waals surface area (Å²) in [4.78, 5) is 21.9. The molecule has 1 aliphatic carbocycles. The summed E-state index contributed by atoms with van der Waals surface area (Å²) >= 11 is 0. The maximum absolute atomic E-state index is 11.0. The molecule has 1 aromatic rings. The quantitative estimate of drug-likeness (QED) is 0.677. The Bertz CT molecular complexity index is 504. The lowest BCUT2D eigenvalue weighted by molar-refractivity contribution is -0.142. The molecule has 6 heteroatoms. The summed E-state index contributed by atoms with van der Waals surface area (Å²) in [6.45, 7) is 0. The highest BCUT2D eigenvalue weighted by Crippen LogP contribution is 2.27. The number of anilines is 2. The van der Waals surface area contributed by atoms with E-state index in [1.165, 1.54) is 0 Å². The Morgan fingerprint density at radius 2 is 2.00 bits per heavy atom. The van der Waals surface area contributed by atoms with Crippen LogP contribution in [-0.4, -0.2) is 23.1 Å². The number of rotatable bonds is 4. The molecule has 6 nitrogen and oxygen atoms in total. The van der Waals surface area contributed by atoms with E-state index in [4.69, 9.17) is 10.8 Å². The number of primary amides is 1. The van der Waals surface area contributed by atoms with Crippen molar-refractivity contribution in [1.29, 1.82) is 0 Å². The van der Waals surface area contributed by atoms with Crippen molar-refractivity contribution in [2.75, 3.05) is 10.6 Å². The SMILES string of the molecule is NC(=O)Nc1cccc(NC2CCCC(C(=O)O)C2)c1. The lowest BCUT2D eigenvalue weighted by Gasteiger charge is -2.28. The number of benzene rings is 1. The Labute approximate surface area is 117 Å². The van der Waals surface area contributed by atoms with Crippen LogP contribution in [0, 0.1) is 5.92 Å². The van der Waals surface area contributed by atoms with Gasteiger partial charge in [0, 0.05) is 17.4 Å². The molecule has 0 aliphatic heterocycles. The first-order chi connectivity index (χ1) is 9.54. The third kappa shape index (κ3) is 3.88. The van der Waals surface area contributed by atoms with Gasteiger partial charge in [-0.05, 0) is 37.5 Å². The Morgan fingerprint density at radius 1 is 1.25 bits per heavy atom. The van der Waals surface area contributed by atoms with Crippen molar-refractivity contribution >= 4 is 23.4 Å². The van der Waals surface area contributed by atoms with Crippen molar-refractivity contribution in [3.63, 3.8) is 0 Å². The molecular weight excluding hydrogens is 258 g/mol. The molecule has 1 aromatic carbocycles. The van der Waals surface area contributed by atoms with E-state index in [9.17, 15) is 9.59 Å². The molecule has 5 N–H and O–H groups in total. The normalized spacial score (nSPS) is 22.0. The summed E-state index contributed by atoms with van der Waals surface area (Å²) in [5, 5.41) is 14.9. The Morgan fingerprint density at radius 3 is 2.70 bits per heavy atom. The Kier molecular flexibility index (Phi) is 4.45. The van der Waals surface area contributed by atoms with Crippen LogP contribution in [0.5, 0.6) is 0 Å². The number of carboxylic acids is 1. The number of amides is 2. The van der Waals surface area contributed by atoms with E-state index in [-0.39, 0.29) is 12.0 Å². The van der Waals surface area contributed by atoms with Gasteiger partial charge >= 0.3 is 12.0 Å². The molecule has 2 rings (SSSR count). The van der Waals surface area contributed by atoms with Crippen LogP contribution in [0.1, 0.15) is 25.7 Å². The van der Waals surface area contributed by atoms with E-state index in [1.807, 2.05) is 12.1 Å². The van der Waals surface area contributed by atoms with E-state index in [0.29, 0.717) is 12.1 Å². The number of hydrogen-bond acceptors (Lipinski definition) is 3. The summed E-state index contributed by atoms with van der Waals surface area (Å²) in [5.41, 5.74) is 6.55. The molecule has 20 heavy (non-hydrogen) atoms. The molecule has 0 bridgehead atoms. The minimum absolute atomic E-state index is 0.147. The molecule has 2 amide bonds. The molecule has 0 spiro atoms. The number of nitrogens with two attached hydrogens (primary N) is 1. The highest BCUT2D eigenvalue weighted by Gasteiger charge is 2.26. The average molecular weight is 277 g/mol. The van der Waals surface area contributed by atoms with Crippen molar-refractivity contribution in [1.82, 2.24) is 0 Å². The van der Waals surface area contributed by atoms with Gasteiger partial charge in [-0.15, -0.1) is 0 Å². The molecule has 0 radical (unpaired) electrons. The zero-order chi connectivity index (χ0) is 14.5. The lowest BCUT2D eigenvalue weighted by atomic mass is 9.85. The number of nitrogens with one attached hydrogen (secondary N) is 2. The fraction of sp³-hybridized carbons (Fsp3) is 0.429. The predicted molar refractivity (Wildman–Crippen MR) is 76.7 cm³/mol. The molecule has 0 heterocycles. The van der Waals surface area contributed by atoms with E-state index < -0.39 is 12.0 Å². The summed E-state index contributed by atoms with van der Waals surface area (Å²) < 4.78 is 0. The maximum Gasteiger partial charge on any atom is 0.316 e. The van der Waals surface area contributed by atoms with Crippen molar-refractivity contribution in [3.05, 3.63) is 24.3 Å². The second-order valence-electron chi connectivity index (χ2n) is 5.11. The maximum atomic E-state index is 11.0. The average Bonchev–Trinajstić information content (AvgIpc) is 2.38. The smallest absolute Gasteiger partial charge is 0.316 e. The number of aliphatic carboxylic acids is 1. The number of carbonyl (C=O) groups is 2. The summed E-state index contributed by atoms with van der Waals surface area (Å²) in [7, 11) is 0. The third-order valence-electron chi connectivity index (χ3n) is 3.52. The summed E-state index contributed by atoms with van der Waals surface area (Å²) in [6.07, 6.45) is 3.24. The van der Waals surface area contributed by atoms with E-state index in [1.54, 1.807) is 12.1 Å². The second kappa shape index (κ2) is 6.27. The van der Waals surface area contributed by atoms with Crippen LogP contribution in [0.15, 0.2) is 24.3 Å². The van der Waals surface area contributed by atoms with Crippen molar-refractivity contribution in [2.24, 2.45) is 11.7 Å². The van der Waals surface area contributed by atoms with Gasteiger partial charge in [-0.3, -0.25) is 4.79 Å². The van der Waals surface area contributed by atoms with E-state index in [0.717, 1.165) is 24.9 Å². The number of carboxylic acid groups (broad SMARTS) is 1. The molecule has 0 aromatic heterocycles. The fourth-order valence-electron chi connectivity index (χ4n) is 2.61. The number of hydrogen-bond donors (Lipinski definition) is 4. The van der Waals surface area contributed by atoms with Crippen molar-refractivity contribution in [2.45, 2.75) is 31.7 Å². The molecule has 0 saturated heterocycles. The molecule has 2 atom stereocenters. The van der Waals surface area contributed by atoms with E-state index in [2.05, 4.69) is 10.6 Å². The van der Waals surface area contributed by atoms with Crippen LogP contribution in [0.2, 0.25) is 0 Å². The molecule has 108 valence electrons. The van der Waals surface area contributed by atoms with Gasteiger partial charge in [-0.2, -0.15) is 0 Å². The van der Waals surface area contributed by atoms with Crippen LogP contribution < -0.4 is 16.4 Å². The van der Waals surface area contributed by atoms with E-state index >= 15 is 0 Å². The van der Waals surface area contributed by atoms with Crippen LogP contribution >= 0.6 is 0 Å². The highest BCUT2D eigenvalue weighted by atomic mass is 16.4. The van der Waals surface area contributed by atoms with Gasteiger partial charge in [0.25, 0.3) is 0 Å². The molecule has 1 saturated carbocycles. The summed E-state index contributed by atoms with van der Waals surface area (Å²) in [5.74, 6) is -0.992. The number of carbonyl (C=O) groups excluding carboxylic acids is 1. The van der Waals surface area contributed by atoms with Crippen LogP contribution in [-0.2, 0) is 4.79 Å². The minimum Gasteiger partial charge on any atom is -0.481 e. The monoisotopic (exact) mass is 277 g/mol. The zero-order valence-electron chi connectivity index (χ0n) is 11.1. The lowest BCUT2D eigenvalue weighted by Crippen LogP contribution is -2.31. The van der Waals surface area contributed by atoms with Crippen LogP contribution in [0.25, 0.3) is 0 Å². The first-order valence-electron chi connectivity index (χ1n) is 6.70. The van der Waals surface area contributed by atoms with Gasteiger partial charge in [0.1, 0.15) is 0 Å². The number of urea groups is 1. The van der Waals surface area contributed by atoms with Gasteiger partial charge in [-0.25, -0.2) is 4.79 Å². The molecule has 2 unspecified atom stereocenters. The minimum atomic E-state index is -0.722. The summed E-state index contributed by atoms with van der Waals surface area (Å²) in [6, 6.07) is 6.77. The van der Waals surface area contributed by atoms with Crippen molar-refractivity contribution in [3.8, 4) is 0 Å². The van der Waals surface area contributed by atoms with Gasteiger partial charge in [-0.1, -0.05) is 12.5 Å². The van der Waals surface area contributed by atoms with Crippen molar-refractivity contribution < 1.29 is 14.7 Å². The fourth-order valence-corrected chi connectivity index (χ4v) is 2.61. The first kappa shape index (κ1) is 14.2. The second-order valence-corrected chi connectivity index (χ2v) is 5.11.